The van der Waals surface area contributed by atoms with Crippen LogP contribution in [0.4, 0.5) is 0 Å². The summed E-state index contributed by atoms with van der Waals surface area (Å²) in [4.78, 5) is 38.9. The van der Waals surface area contributed by atoms with Crippen molar-refractivity contribution in [3.63, 3.8) is 0 Å². The van der Waals surface area contributed by atoms with Crippen molar-refractivity contribution < 1.29 is 34.5 Å². The van der Waals surface area contributed by atoms with E-state index in [9.17, 15) is 19.2 Å². The summed E-state index contributed by atoms with van der Waals surface area (Å²) in [6.07, 6.45) is -0.889. The maximum Gasteiger partial charge on any atom is 0.310 e. The van der Waals surface area contributed by atoms with Crippen LogP contribution in [0.3, 0.4) is 0 Å². The molecule has 0 saturated carbocycles. The van der Waals surface area contributed by atoms with Crippen molar-refractivity contribution in [2.45, 2.75) is 46.6 Å². The molecule has 0 aromatic rings. The molecular weight excluding hydrogens is 271 g/mol. The molecule has 0 saturated heterocycles. The van der Waals surface area contributed by atoms with Crippen LogP contribution in [0.2, 0.25) is 0 Å². The van der Waals surface area contributed by atoms with Crippen molar-refractivity contribution in [3.05, 3.63) is 0 Å². The summed E-state index contributed by atoms with van der Waals surface area (Å²) >= 11 is 0. The Hall–Kier alpha value is -1.23. The molecule has 7 nitrogen and oxygen atoms in total. The summed E-state index contributed by atoms with van der Waals surface area (Å²) in [5.41, 5.74) is 0. The van der Waals surface area contributed by atoms with E-state index in [1.165, 1.54) is 13.8 Å². The van der Waals surface area contributed by atoms with Crippen molar-refractivity contribution in [2.75, 3.05) is 0 Å². The fourth-order valence-corrected chi connectivity index (χ4v) is 0.426. The molecule has 0 aliphatic rings. The summed E-state index contributed by atoms with van der Waals surface area (Å²) in [6, 6.07) is 0. The molecule has 0 radical (unpaired) electrons. The summed E-state index contributed by atoms with van der Waals surface area (Å²) in [5, 5.41) is 23.8. The number of aliphatic carboxylic acids is 2. The van der Waals surface area contributed by atoms with Gasteiger partial charge >= 0.3 is 11.9 Å². The van der Waals surface area contributed by atoms with Crippen molar-refractivity contribution in [3.8, 4) is 0 Å². The lowest BCUT2D eigenvalue weighted by Crippen LogP contribution is -2.00. The second-order valence-electron chi connectivity index (χ2n) is 3.64. The number of carbonyl (C=O) groups is 4. The molecule has 3 N–H and O–H groups in total. The van der Waals surface area contributed by atoms with Crippen molar-refractivity contribution in [1.82, 2.24) is 0 Å². The predicted octanol–water partition coefficient (Wildman–Crippen LogP) is -0.697. The van der Waals surface area contributed by atoms with Crippen molar-refractivity contribution >= 4 is 40.9 Å². The van der Waals surface area contributed by atoms with E-state index in [0.717, 1.165) is 0 Å². The lowest BCUT2D eigenvalue weighted by atomic mass is 10.3. The molecule has 0 unspecified atom stereocenters. The van der Waals surface area contributed by atoms with E-state index in [1.807, 2.05) is 0 Å². The Labute approximate surface area is 122 Å². The lowest BCUT2D eigenvalue weighted by molar-refractivity contribution is -0.141. The van der Waals surface area contributed by atoms with Crippen LogP contribution >= 0.6 is 0 Å². The summed E-state index contributed by atoms with van der Waals surface area (Å²) in [5.74, 6) is -2.75. The minimum absolute atomic E-state index is 0. The van der Waals surface area contributed by atoms with Crippen LogP contribution in [-0.2, 0) is 19.2 Å². The average molecular weight is 294 g/mol. The van der Waals surface area contributed by atoms with Gasteiger partial charge in [0.2, 0.25) is 0 Å². The first-order valence-corrected chi connectivity index (χ1v) is 5.09. The van der Waals surface area contributed by atoms with Gasteiger partial charge in [0.15, 0.2) is 17.4 Å². The number of Topliss-reactive ketones (excluding diaryl/α,β-unsaturated/α-hetero) is 2. The highest BCUT2D eigenvalue weighted by atomic mass is 27.0. The number of rotatable bonds is 4. The maximum absolute atomic E-state index is 9.87. The number of aliphatic hydroxyl groups is 1. The molecule has 0 aromatic heterocycles. The molecule has 0 aromatic carbocycles. The molecule has 112 valence electrons. The molecule has 0 heterocycles. The Morgan fingerprint density at radius 1 is 0.842 bits per heavy atom. The summed E-state index contributed by atoms with van der Waals surface area (Å²) < 4.78 is 0. The SMILES string of the molecule is CC(=O)CC(=O)O.CC(=O)CC(=O)O.CC(C)O.[AlH3]. The second kappa shape index (κ2) is 16.8. The van der Waals surface area contributed by atoms with Gasteiger partial charge < -0.3 is 15.3 Å². The zero-order valence-corrected chi connectivity index (χ0v) is 11.0. The van der Waals surface area contributed by atoms with Crippen LogP contribution in [-0.4, -0.2) is 62.3 Å². The smallest absolute Gasteiger partial charge is 0.310 e. The fraction of sp³-hybridized carbons (Fsp3) is 0.636. The van der Waals surface area contributed by atoms with Crippen molar-refractivity contribution in [2.24, 2.45) is 0 Å². The molecule has 0 spiro atoms. The number of ketones is 2. The first-order valence-electron chi connectivity index (χ1n) is 5.09. The molecule has 0 aliphatic heterocycles. The van der Waals surface area contributed by atoms with E-state index < -0.39 is 11.9 Å². The first-order chi connectivity index (χ1) is 7.98. The Kier molecular flexibility index (Phi) is 23.3. The average Bonchev–Trinajstić information content (AvgIpc) is 1.96. The molecular formula is C11H23AlO7. The van der Waals surface area contributed by atoms with Gasteiger partial charge in [-0.15, -0.1) is 0 Å². The quantitative estimate of drug-likeness (QED) is 0.462. The second-order valence-corrected chi connectivity index (χ2v) is 3.64. The Bertz CT molecular complexity index is 234. The van der Waals surface area contributed by atoms with Crippen LogP contribution in [0.25, 0.3) is 0 Å². The Balaban J connectivity index is -0.0000000900. The topological polar surface area (TPSA) is 129 Å². The number of carboxylic acids is 2. The van der Waals surface area contributed by atoms with Crippen molar-refractivity contribution in [1.29, 1.82) is 0 Å². The van der Waals surface area contributed by atoms with Gasteiger partial charge in [0.25, 0.3) is 0 Å². The van der Waals surface area contributed by atoms with Crippen LogP contribution in [0.5, 0.6) is 0 Å². The number of aliphatic hydroxyl groups excluding tert-OH is 1. The van der Waals surface area contributed by atoms with Crippen LogP contribution < -0.4 is 0 Å². The maximum atomic E-state index is 9.87. The standard InChI is InChI=1S/2C4H6O3.C3H8O.Al.3H/c2*1-3(5)2-4(6)7;1-3(2)4;;;;/h2*2H2,1H3,(H,6,7);3-4H,1-2H3;;;;. The summed E-state index contributed by atoms with van der Waals surface area (Å²) in [7, 11) is 0. The third kappa shape index (κ3) is 79.8. The van der Waals surface area contributed by atoms with E-state index in [1.54, 1.807) is 13.8 Å². The largest absolute Gasteiger partial charge is 0.481 e. The van der Waals surface area contributed by atoms with Gasteiger partial charge in [0.1, 0.15) is 24.4 Å². The highest BCUT2D eigenvalue weighted by Gasteiger charge is 1.98. The van der Waals surface area contributed by atoms with Crippen LogP contribution in [0.1, 0.15) is 40.5 Å². The van der Waals surface area contributed by atoms with Gasteiger partial charge in [-0.2, -0.15) is 0 Å². The number of carbonyl (C=O) groups excluding carboxylic acids is 2. The molecule has 0 aliphatic carbocycles. The number of carboxylic acid groups (broad SMARTS) is 2. The minimum atomic E-state index is -1.06. The van der Waals surface area contributed by atoms with Gasteiger partial charge in [-0.25, -0.2) is 0 Å². The molecule has 19 heavy (non-hydrogen) atoms. The first kappa shape index (κ1) is 26.4. The van der Waals surface area contributed by atoms with Crippen LogP contribution in [0.15, 0.2) is 0 Å². The molecule has 0 atom stereocenters. The minimum Gasteiger partial charge on any atom is -0.481 e. The van der Waals surface area contributed by atoms with Gasteiger partial charge in [0.05, 0.1) is 0 Å². The predicted molar refractivity (Wildman–Crippen MR) is 73.2 cm³/mol. The molecule has 0 rings (SSSR count). The van der Waals surface area contributed by atoms with E-state index in [-0.39, 0.29) is 47.9 Å². The third-order valence-electron chi connectivity index (χ3n) is 0.800. The third-order valence-corrected chi connectivity index (χ3v) is 0.800. The highest BCUT2D eigenvalue weighted by molar-refractivity contribution is 5.93. The van der Waals surface area contributed by atoms with E-state index in [2.05, 4.69) is 0 Å². The van der Waals surface area contributed by atoms with Crippen LogP contribution in [0, 0.1) is 0 Å². The zero-order chi connectivity index (χ0) is 15.3. The normalized spacial score (nSPS) is 7.89. The Morgan fingerprint density at radius 3 is 1.00 bits per heavy atom. The fourth-order valence-electron chi connectivity index (χ4n) is 0.426. The van der Waals surface area contributed by atoms with E-state index >= 15 is 0 Å². The number of hydrogen-bond acceptors (Lipinski definition) is 5. The van der Waals surface area contributed by atoms with Gasteiger partial charge in [0, 0.05) is 6.10 Å². The molecule has 0 amide bonds. The monoisotopic (exact) mass is 294 g/mol. The van der Waals surface area contributed by atoms with Gasteiger partial charge in [-0.1, -0.05) is 0 Å². The molecule has 0 fully saturated rings. The molecule has 0 bridgehead atoms. The van der Waals surface area contributed by atoms with E-state index in [4.69, 9.17) is 15.3 Å². The zero-order valence-electron chi connectivity index (χ0n) is 11.0. The van der Waals surface area contributed by atoms with Gasteiger partial charge in [-0.3, -0.25) is 19.2 Å². The highest BCUT2D eigenvalue weighted by Crippen LogP contribution is 1.78. The summed E-state index contributed by atoms with van der Waals surface area (Å²) in [6.45, 7) is 5.93. The number of hydrogen-bond donors (Lipinski definition) is 3. The van der Waals surface area contributed by atoms with Gasteiger partial charge in [-0.05, 0) is 27.7 Å². The molecule has 8 heteroatoms. The lowest BCUT2D eigenvalue weighted by Gasteiger charge is -1.80. The van der Waals surface area contributed by atoms with E-state index in [0.29, 0.717) is 0 Å². The Morgan fingerprint density at radius 2 is 1.00 bits per heavy atom.